The van der Waals surface area contributed by atoms with Gasteiger partial charge in [-0.1, -0.05) is 0 Å². The van der Waals surface area contributed by atoms with Gasteiger partial charge >= 0.3 is 0 Å². The molecule has 1 fully saturated rings. The van der Waals surface area contributed by atoms with E-state index in [4.69, 9.17) is 4.42 Å². The second kappa shape index (κ2) is 4.45. The van der Waals surface area contributed by atoms with E-state index in [1.165, 1.54) is 12.8 Å². The lowest BCUT2D eigenvalue weighted by atomic mass is 10.1. The number of imidazole rings is 1. The van der Waals surface area contributed by atoms with E-state index in [0.717, 1.165) is 34.7 Å². The van der Waals surface area contributed by atoms with Crippen LogP contribution in [0.5, 0.6) is 0 Å². The molecule has 2 heterocycles. The van der Waals surface area contributed by atoms with Crippen LogP contribution in [0.1, 0.15) is 24.6 Å². The van der Waals surface area contributed by atoms with E-state index in [9.17, 15) is 0 Å². The smallest absolute Gasteiger partial charge is 0.192 e. The van der Waals surface area contributed by atoms with Gasteiger partial charge in [-0.2, -0.15) is 0 Å². The lowest BCUT2D eigenvalue weighted by Gasteiger charge is -1.99. The van der Waals surface area contributed by atoms with Crippen molar-refractivity contribution >= 4 is 11.1 Å². The van der Waals surface area contributed by atoms with Crippen molar-refractivity contribution in [3.63, 3.8) is 0 Å². The Bertz CT molecular complexity index is 754. The highest BCUT2D eigenvalue weighted by molar-refractivity contribution is 5.79. The molecule has 0 aliphatic heterocycles. The quantitative estimate of drug-likeness (QED) is 0.763. The molecule has 102 valence electrons. The van der Waals surface area contributed by atoms with Crippen molar-refractivity contribution in [3.8, 4) is 11.3 Å². The molecule has 4 rings (SSSR count). The van der Waals surface area contributed by atoms with Gasteiger partial charge in [-0.05, 0) is 31.0 Å². The Morgan fingerprint density at radius 2 is 2.30 bits per heavy atom. The zero-order chi connectivity index (χ0) is 13.5. The third-order valence-corrected chi connectivity index (χ3v) is 3.57. The summed E-state index contributed by atoms with van der Waals surface area (Å²) < 4.78 is 5.49. The molecule has 1 aliphatic rings. The third-order valence-electron chi connectivity index (χ3n) is 3.57. The summed E-state index contributed by atoms with van der Waals surface area (Å²) in [6.45, 7) is 2.66. The van der Waals surface area contributed by atoms with Crippen molar-refractivity contribution in [3.05, 3.63) is 36.1 Å². The number of hydrogen-bond donors (Lipinski definition) is 2. The number of rotatable bonds is 4. The first-order valence-corrected chi connectivity index (χ1v) is 6.93. The average Bonchev–Trinajstić information content (AvgIpc) is 3.01. The number of H-pyrrole nitrogens is 1. The Morgan fingerprint density at radius 1 is 1.40 bits per heavy atom. The van der Waals surface area contributed by atoms with E-state index in [1.807, 2.05) is 31.3 Å². The molecule has 0 spiro atoms. The van der Waals surface area contributed by atoms with Gasteiger partial charge in [-0.15, -0.1) is 0 Å². The van der Waals surface area contributed by atoms with Gasteiger partial charge in [-0.3, -0.25) is 0 Å². The molecule has 0 bridgehead atoms. The number of benzene rings is 1. The summed E-state index contributed by atoms with van der Waals surface area (Å²) in [6.07, 6.45) is 4.45. The monoisotopic (exact) mass is 268 g/mol. The van der Waals surface area contributed by atoms with E-state index in [2.05, 4.69) is 20.3 Å². The summed E-state index contributed by atoms with van der Waals surface area (Å²) in [6, 6.07) is 6.70. The molecule has 5 heteroatoms. The minimum atomic E-state index is 0.691. The van der Waals surface area contributed by atoms with Crippen LogP contribution in [-0.4, -0.2) is 21.0 Å². The molecule has 3 aromatic rings. The molecule has 1 aromatic carbocycles. The minimum absolute atomic E-state index is 0.691. The zero-order valence-electron chi connectivity index (χ0n) is 11.3. The number of nitrogens with zero attached hydrogens (tertiary/aromatic N) is 2. The number of aromatic nitrogens is 3. The van der Waals surface area contributed by atoms with Crippen molar-refractivity contribution in [2.75, 3.05) is 0 Å². The lowest BCUT2D eigenvalue weighted by Crippen LogP contribution is -2.16. The van der Waals surface area contributed by atoms with Gasteiger partial charge in [-0.25, -0.2) is 9.97 Å². The van der Waals surface area contributed by atoms with E-state index < -0.39 is 0 Å². The van der Waals surface area contributed by atoms with Crippen molar-refractivity contribution < 1.29 is 4.42 Å². The van der Waals surface area contributed by atoms with E-state index in [1.54, 1.807) is 0 Å². The number of fused-ring (bicyclic) bond motifs is 1. The van der Waals surface area contributed by atoms with Crippen LogP contribution in [-0.2, 0) is 6.54 Å². The predicted molar refractivity (Wildman–Crippen MR) is 76.2 cm³/mol. The Kier molecular flexibility index (Phi) is 2.60. The molecule has 0 saturated heterocycles. The predicted octanol–water partition coefficient (Wildman–Crippen LogP) is 2.78. The SMILES string of the molecule is Cc1nc2cc(-c3cnc(CNC4CC4)[nH]3)ccc2o1. The van der Waals surface area contributed by atoms with Gasteiger partial charge in [0.25, 0.3) is 0 Å². The minimum Gasteiger partial charge on any atom is -0.441 e. The molecule has 2 N–H and O–H groups in total. The second-order valence-electron chi connectivity index (χ2n) is 5.31. The molecule has 2 aromatic heterocycles. The maximum Gasteiger partial charge on any atom is 0.192 e. The highest BCUT2D eigenvalue weighted by Crippen LogP contribution is 2.24. The van der Waals surface area contributed by atoms with Crippen LogP contribution in [0.3, 0.4) is 0 Å². The summed E-state index contributed by atoms with van der Waals surface area (Å²) >= 11 is 0. The largest absolute Gasteiger partial charge is 0.441 e. The van der Waals surface area contributed by atoms with Crippen LogP contribution in [0.25, 0.3) is 22.4 Å². The average molecular weight is 268 g/mol. The Morgan fingerprint density at radius 3 is 3.15 bits per heavy atom. The Balaban J connectivity index is 1.60. The van der Waals surface area contributed by atoms with Crippen LogP contribution < -0.4 is 5.32 Å². The fourth-order valence-electron chi connectivity index (χ4n) is 2.34. The van der Waals surface area contributed by atoms with Crippen LogP contribution in [0.4, 0.5) is 0 Å². The molecule has 5 nitrogen and oxygen atoms in total. The number of aromatic amines is 1. The van der Waals surface area contributed by atoms with Crippen molar-refractivity contribution in [1.29, 1.82) is 0 Å². The molecule has 0 atom stereocenters. The highest BCUT2D eigenvalue weighted by Gasteiger charge is 2.20. The maximum atomic E-state index is 5.49. The Labute approximate surface area is 116 Å². The van der Waals surface area contributed by atoms with Gasteiger partial charge in [0.2, 0.25) is 0 Å². The van der Waals surface area contributed by atoms with Crippen LogP contribution >= 0.6 is 0 Å². The summed E-state index contributed by atoms with van der Waals surface area (Å²) in [4.78, 5) is 12.1. The standard InChI is InChI=1S/C15H16N4O/c1-9-18-12-6-10(2-5-14(12)20-9)13-7-17-15(19-13)8-16-11-3-4-11/h2,5-7,11,16H,3-4,8H2,1H3,(H,17,19). The molecule has 1 aliphatic carbocycles. The van der Waals surface area contributed by atoms with Crippen molar-refractivity contribution in [1.82, 2.24) is 20.3 Å². The number of oxazole rings is 1. The molecule has 0 radical (unpaired) electrons. The molecule has 1 saturated carbocycles. The van der Waals surface area contributed by atoms with Crippen molar-refractivity contribution in [2.45, 2.75) is 32.4 Å². The summed E-state index contributed by atoms with van der Waals surface area (Å²) in [5.74, 6) is 1.67. The molecule has 0 amide bonds. The maximum absolute atomic E-state index is 5.49. The topological polar surface area (TPSA) is 66.7 Å². The number of nitrogens with one attached hydrogen (secondary N) is 2. The molecule has 20 heavy (non-hydrogen) atoms. The normalized spacial score (nSPS) is 15.1. The Hall–Kier alpha value is -2.14. The molecule has 0 unspecified atom stereocenters. The first kappa shape index (κ1) is 11.7. The molecular formula is C15H16N4O. The van der Waals surface area contributed by atoms with Crippen LogP contribution in [0, 0.1) is 6.92 Å². The number of aryl methyl sites for hydroxylation is 1. The highest BCUT2D eigenvalue weighted by atomic mass is 16.3. The van der Waals surface area contributed by atoms with Gasteiger partial charge in [0.05, 0.1) is 18.4 Å². The zero-order valence-corrected chi connectivity index (χ0v) is 11.3. The van der Waals surface area contributed by atoms with E-state index in [0.29, 0.717) is 11.9 Å². The van der Waals surface area contributed by atoms with Gasteiger partial charge in [0, 0.05) is 18.5 Å². The fraction of sp³-hybridized carbons (Fsp3) is 0.333. The van der Waals surface area contributed by atoms with Crippen molar-refractivity contribution in [2.24, 2.45) is 0 Å². The van der Waals surface area contributed by atoms with E-state index >= 15 is 0 Å². The fourth-order valence-corrected chi connectivity index (χ4v) is 2.34. The van der Waals surface area contributed by atoms with Gasteiger partial charge in [0.15, 0.2) is 11.5 Å². The number of hydrogen-bond acceptors (Lipinski definition) is 4. The lowest BCUT2D eigenvalue weighted by molar-refractivity contribution is 0.561. The van der Waals surface area contributed by atoms with E-state index in [-0.39, 0.29) is 0 Å². The van der Waals surface area contributed by atoms with Crippen LogP contribution in [0.2, 0.25) is 0 Å². The van der Waals surface area contributed by atoms with Gasteiger partial charge < -0.3 is 14.7 Å². The summed E-state index contributed by atoms with van der Waals surface area (Å²) in [5, 5.41) is 3.45. The van der Waals surface area contributed by atoms with Crippen LogP contribution in [0.15, 0.2) is 28.8 Å². The first-order valence-electron chi connectivity index (χ1n) is 6.93. The molecular weight excluding hydrogens is 252 g/mol. The third kappa shape index (κ3) is 2.20. The summed E-state index contributed by atoms with van der Waals surface area (Å²) in [5.41, 5.74) is 3.80. The second-order valence-corrected chi connectivity index (χ2v) is 5.31. The first-order chi connectivity index (χ1) is 9.78. The van der Waals surface area contributed by atoms with Gasteiger partial charge in [0.1, 0.15) is 11.3 Å². The summed E-state index contributed by atoms with van der Waals surface area (Å²) in [7, 11) is 0.